The van der Waals surface area contributed by atoms with Gasteiger partial charge in [-0.05, 0) is 89.8 Å². The highest BCUT2D eigenvalue weighted by atomic mass is 16.3. The Hall–Kier alpha value is -6.32. The molecule has 0 bridgehead atoms. The highest BCUT2D eigenvalue weighted by molar-refractivity contribution is 6.12. The zero-order valence-corrected chi connectivity index (χ0v) is 26.3. The first-order valence-corrected chi connectivity index (χ1v) is 16.3. The van der Waals surface area contributed by atoms with Gasteiger partial charge >= 0.3 is 0 Å². The van der Waals surface area contributed by atoms with Gasteiger partial charge in [0.2, 0.25) is 0 Å². The van der Waals surface area contributed by atoms with Crippen molar-refractivity contribution in [2.75, 3.05) is 0 Å². The normalized spacial score (nSPS) is 11.9. The van der Waals surface area contributed by atoms with Crippen LogP contribution in [0.4, 0.5) is 0 Å². The first-order valence-electron chi connectivity index (χ1n) is 16.3. The van der Waals surface area contributed by atoms with Gasteiger partial charge < -0.3 is 13.4 Å². The third-order valence-electron chi connectivity index (χ3n) is 9.77. The number of hydrogen-bond donors (Lipinski definition) is 0. The van der Waals surface area contributed by atoms with E-state index in [0.717, 1.165) is 60.7 Å². The number of furan rings is 2. The van der Waals surface area contributed by atoms with Gasteiger partial charge in [0.25, 0.3) is 0 Å². The first-order chi connectivity index (χ1) is 23.7. The Kier molecular flexibility index (Phi) is 5.79. The third-order valence-corrected chi connectivity index (χ3v) is 9.77. The molecule has 0 aliphatic carbocycles. The van der Waals surface area contributed by atoms with E-state index in [-0.39, 0.29) is 0 Å². The van der Waals surface area contributed by atoms with E-state index in [0.29, 0.717) is 0 Å². The second-order valence-electron chi connectivity index (χ2n) is 12.5. The van der Waals surface area contributed by atoms with Crippen LogP contribution < -0.4 is 0 Å². The van der Waals surface area contributed by atoms with Crippen LogP contribution in [0.2, 0.25) is 0 Å². The van der Waals surface area contributed by atoms with E-state index >= 15 is 0 Å². The summed E-state index contributed by atoms with van der Waals surface area (Å²) in [5, 5.41) is 5.72. The second-order valence-corrected chi connectivity index (χ2v) is 12.5. The van der Waals surface area contributed by atoms with Crippen molar-refractivity contribution in [1.82, 2.24) is 4.57 Å². The minimum atomic E-state index is 0.899. The molecule has 0 amide bonds. The zero-order chi connectivity index (χ0) is 31.8. The van der Waals surface area contributed by atoms with Gasteiger partial charge in [0.1, 0.15) is 22.3 Å². The summed E-state index contributed by atoms with van der Waals surface area (Å²) in [5.41, 5.74) is 14.2. The fraction of sp³-hybridized carbons (Fsp3) is 0.0222. The van der Waals surface area contributed by atoms with E-state index in [9.17, 15) is 0 Å². The van der Waals surface area contributed by atoms with Crippen LogP contribution in [0.25, 0.3) is 93.8 Å². The summed E-state index contributed by atoms with van der Waals surface area (Å²) in [4.78, 5) is 0. The molecule has 0 N–H and O–H groups in total. The number of fused-ring (bicyclic) bond motifs is 7. The van der Waals surface area contributed by atoms with Crippen molar-refractivity contribution in [2.45, 2.75) is 6.92 Å². The summed E-state index contributed by atoms with van der Waals surface area (Å²) in [5.74, 6) is 0. The highest BCUT2D eigenvalue weighted by Crippen LogP contribution is 2.45. The van der Waals surface area contributed by atoms with Crippen molar-refractivity contribution >= 4 is 54.8 Å². The Morgan fingerprint density at radius 1 is 0.396 bits per heavy atom. The van der Waals surface area contributed by atoms with Crippen LogP contribution in [-0.4, -0.2) is 4.57 Å². The lowest BCUT2D eigenvalue weighted by molar-refractivity contribution is 0.668. The van der Waals surface area contributed by atoms with E-state index < -0.39 is 0 Å². The van der Waals surface area contributed by atoms with E-state index in [1.807, 2.05) is 24.3 Å². The molecular weight excluding hydrogens is 587 g/mol. The smallest absolute Gasteiger partial charge is 0.135 e. The molecule has 3 heterocycles. The maximum Gasteiger partial charge on any atom is 0.135 e. The zero-order valence-electron chi connectivity index (χ0n) is 26.3. The summed E-state index contributed by atoms with van der Waals surface area (Å²) < 4.78 is 14.9. The highest BCUT2D eigenvalue weighted by Gasteiger charge is 2.23. The van der Waals surface area contributed by atoms with Crippen LogP contribution in [-0.2, 0) is 0 Å². The van der Waals surface area contributed by atoms with Gasteiger partial charge in [0.15, 0.2) is 0 Å². The fourth-order valence-corrected chi connectivity index (χ4v) is 7.60. The summed E-state index contributed by atoms with van der Waals surface area (Å²) in [6.45, 7) is 2.25. The molecule has 0 saturated carbocycles. The van der Waals surface area contributed by atoms with Gasteiger partial charge in [-0.15, -0.1) is 0 Å². The molecule has 3 heteroatoms. The lowest BCUT2D eigenvalue weighted by Crippen LogP contribution is -1.98. The van der Waals surface area contributed by atoms with Crippen LogP contribution in [0.3, 0.4) is 0 Å². The average molecular weight is 616 g/mol. The summed E-state index contributed by atoms with van der Waals surface area (Å²) in [6, 6.07) is 56.0. The van der Waals surface area contributed by atoms with Crippen molar-refractivity contribution in [3.05, 3.63) is 163 Å². The Balaban J connectivity index is 1.32. The SMILES string of the molecule is Cc1c(-c2ccc3oc4ccccc4c3c2)c2cc(-c3ccc4oc5ccccc5c4c3)cc(-c3ccccc3)c2n1-c1ccccc1. The molecule has 0 unspecified atom stereocenters. The summed E-state index contributed by atoms with van der Waals surface area (Å²) in [7, 11) is 0. The van der Waals surface area contributed by atoms with Crippen molar-refractivity contribution in [1.29, 1.82) is 0 Å². The van der Waals surface area contributed by atoms with Crippen molar-refractivity contribution in [3.8, 4) is 39.1 Å². The minimum absolute atomic E-state index is 0.899. The van der Waals surface area contributed by atoms with Crippen LogP contribution >= 0.6 is 0 Å². The standard InChI is InChI=1S/C45H29NO2/c1-28-44(31-21-23-43-38(25-31)35-17-9-11-19-41(35)48-43)39-27-32(30-20-22-42-37(24-30)34-16-8-10-18-40(34)47-42)26-36(29-12-4-2-5-13-29)45(39)46(28)33-14-6-3-7-15-33/h2-27H,1H3. The summed E-state index contributed by atoms with van der Waals surface area (Å²) in [6.07, 6.45) is 0. The molecule has 7 aromatic carbocycles. The number of rotatable bonds is 4. The van der Waals surface area contributed by atoms with Gasteiger partial charge in [0.05, 0.1) is 5.52 Å². The van der Waals surface area contributed by atoms with Crippen molar-refractivity contribution < 1.29 is 8.83 Å². The molecule has 0 saturated heterocycles. The van der Waals surface area contributed by atoms with E-state index in [4.69, 9.17) is 8.83 Å². The molecule has 3 aromatic heterocycles. The number of para-hydroxylation sites is 3. The fourth-order valence-electron chi connectivity index (χ4n) is 7.60. The molecule has 10 aromatic rings. The molecule has 0 radical (unpaired) electrons. The second kappa shape index (κ2) is 10.3. The van der Waals surface area contributed by atoms with E-state index in [1.54, 1.807) is 0 Å². The van der Waals surface area contributed by atoms with E-state index in [2.05, 4.69) is 145 Å². The lowest BCUT2D eigenvalue weighted by Gasteiger charge is -2.14. The Bertz CT molecular complexity index is 2830. The first kappa shape index (κ1) is 26.9. The predicted octanol–water partition coefficient (Wildman–Crippen LogP) is 12.7. The van der Waals surface area contributed by atoms with Gasteiger partial charge in [-0.25, -0.2) is 0 Å². The van der Waals surface area contributed by atoms with Crippen molar-refractivity contribution in [3.63, 3.8) is 0 Å². The molecule has 3 nitrogen and oxygen atoms in total. The van der Waals surface area contributed by atoms with Crippen molar-refractivity contribution in [2.24, 2.45) is 0 Å². The molecule has 0 spiro atoms. The summed E-state index contributed by atoms with van der Waals surface area (Å²) >= 11 is 0. The van der Waals surface area contributed by atoms with Gasteiger partial charge in [0, 0.05) is 49.4 Å². The van der Waals surface area contributed by atoms with Gasteiger partial charge in [-0.1, -0.05) is 97.1 Å². The molecule has 0 fully saturated rings. The molecule has 0 atom stereocenters. The Morgan fingerprint density at radius 3 is 1.58 bits per heavy atom. The molecule has 0 aliphatic heterocycles. The van der Waals surface area contributed by atoms with E-state index in [1.165, 1.54) is 38.9 Å². The molecule has 0 aliphatic rings. The molecular formula is C45H29NO2. The molecule has 10 rings (SSSR count). The predicted molar refractivity (Wildman–Crippen MR) is 199 cm³/mol. The Morgan fingerprint density at radius 2 is 0.917 bits per heavy atom. The molecule has 226 valence electrons. The quantitative estimate of drug-likeness (QED) is 0.197. The molecule has 48 heavy (non-hydrogen) atoms. The van der Waals surface area contributed by atoms with Gasteiger partial charge in [-0.2, -0.15) is 0 Å². The van der Waals surface area contributed by atoms with Gasteiger partial charge in [-0.3, -0.25) is 0 Å². The number of hydrogen-bond acceptors (Lipinski definition) is 2. The third kappa shape index (κ3) is 4.01. The topological polar surface area (TPSA) is 31.2 Å². The number of nitrogens with zero attached hydrogens (tertiary/aromatic N) is 1. The maximum atomic E-state index is 6.24. The maximum absolute atomic E-state index is 6.24. The monoisotopic (exact) mass is 615 g/mol. The van der Waals surface area contributed by atoms with Crippen LogP contribution in [0, 0.1) is 6.92 Å². The average Bonchev–Trinajstić information content (AvgIpc) is 3.80. The number of aromatic nitrogens is 1. The van der Waals surface area contributed by atoms with Crippen LogP contribution in [0.5, 0.6) is 0 Å². The largest absolute Gasteiger partial charge is 0.456 e. The number of benzene rings is 7. The Labute approximate surface area is 276 Å². The van der Waals surface area contributed by atoms with Crippen LogP contribution in [0.1, 0.15) is 5.69 Å². The van der Waals surface area contributed by atoms with Crippen LogP contribution in [0.15, 0.2) is 167 Å². The minimum Gasteiger partial charge on any atom is -0.456 e. The lowest BCUT2D eigenvalue weighted by atomic mass is 9.92.